The van der Waals surface area contributed by atoms with Crippen molar-refractivity contribution in [2.75, 3.05) is 33.2 Å². The quantitative estimate of drug-likeness (QED) is 0.534. The molecule has 25 heavy (non-hydrogen) atoms. The van der Waals surface area contributed by atoms with E-state index in [9.17, 15) is 18.0 Å². The number of thiazole rings is 1. The van der Waals surface area contributed by atoms with Crippen molar-refractivity contribution in [2.45, 2.75) is 32.9 Å². The summed E-state index contributed by atoms with van der Waals surface area (Å²) in [4.78, 5) is 21.9. The van der Waals surface area contributed by atoms with E-state index in [4.69, 9.17) is 0 Å². The highest BCUT2D eigenvalue weighted by Crippen LogP contribution is 2.15. The molecule has 0 radical (unpaired) electrons. The van der Waals surface area contributed by atoms with Crippen LogP contribution in [0.15, 0.2) is 11.2 Å². The molecule has 1 rings (SSSR count). The van der Waals surface area contributed by atoms with Gasteiger partial charge in [-0.05, 0) is 13.3 Å². The van der Waals surface area contributed by atoms with E-state index >= 15 is 0 Å². The van der Waals surface area contributed by atoms with Crippen molar-refractivity contribution in [3.8, 4) is 0 Å². The van der Waals surface area contributed by atoms with Crippen LogP contribution in [0.25, 0.3) is 0 Å². The van der Waals surface area contributed by atoms with Crippen LogP contribution < -0.4 is 10.6 Å². The SMILES string of the molecule is CCNC(=NCC(=O)N(C)CC(F)(F)F)NCCc1ncc(CC)s1. The summed E-state index contributed by atoms with van der Waals surface area (Å²) in [7, 11) is 1.11. The normalized spacial score (nSPS) is 12.2. The number of guanidine groups is 1. The Morgan fingerprint density at radius 2 is 2.08 bits per heavy atom. The average molecular weight is 379 g/mol. The third kappa shape index (κ3) is 8.71. The monoisotopic (exact) mass is 379 g/mol. The van der Waals surface area contributed by atoms with Crippen LogP contribution in [0.2, 0.25) is 0 Å². The van der Waals surface area contributed by atoms with Crippen molar-refractivity contribution in [1.82, 2.24) is 20.5 Å². The van der Waals surface area contributed by atoms with E-state index in [0.29, 0.717) is 30.4 Å². The maximum atomic E-state index is 12.3. The van der Waals surface area contributed by atoms with Gasteiger partial charge in [-0.25, -0.2) is 9.98 Å². The predicted octanol–water partition coefficient (Wildman–Crippen LogP) is 1.82. The van der Waals surface area contributed by atoms with Crippen LogP contribution in [0.4, 0.5) is 13.2 Å². The van der Waals surface area contributed by atoms with Gasteiger partial charge in [-0.15, -0.1) is 11.3 Å². The Hall–Kier alpha value is -1.84. The molecule has 2 N–H and O–H groups in total. The Bertz CT molecular complexity index is 574. The molecule has 1 amide bonds. The van der Waals surface area contributed by atoms with E-state index < -0.39 is 18.6 Å². The Balaban J connectivity index is 2.48. The molecular formula is C15H24F3N5OS. The molecule has 0 unspecified atom stereocenters. The number of likely N-dealkylation sites (N-methyl/N-ethyl adjacent to an activating group) is 1. The number of hydrogen-bond donors (Lipinski definition) is 2. The van der Waals surface area contributed by atoms with Gasteiger partial charge in [0.25, 0.3) is 0 Å². The molecule has 0 saturated carbocycles. The number of rotatable bonds is 8. The average Bonchev–Trinajstić information content (AvgIpc) is 2.98. The van der Waals surface area contributed by atoms with E-state index in [1.807, 2.05) is 13.1 Å². The van der Waals surface area contributed by atoms with Gasteiger partial charge in [-0.1, -0.05) is 6.92 Å². The Morgan fingerprint density at radius 3 is 2.64 bits per heavy atom. The smallest absolute Gasteiger partial charge is 0.357 e. The van der Waals surface area contributed by atoms with Gasteiger partial charge in [0.2, 0.25) is 5.91 Å². The summed E-state index contributed by atoms with van der Waals surface area (Å²) < 4.78 is 36.8. The first kappa shape index (κ1) is 21.2. The number of carbonyl (C=O) groups is 1. The molecule has 1 heterocycles. The van der Waals surface area contributed by atoms with Crippen molar-refractivity contribution in [3.63, 3.8) is 0 Å². The summed E-state index contributed by atoms with van der Waals surface area (Å²) in [5, 5.41) is 7.01. The van der Waals surface area contributed by atoms with Gasteiger partial charge >= 0.3 is 6.18 Å². The van der Waals surface area contributed by atoms with E-state index in [-0.39, 0.29) is 6.54 Å². The van der Waals surface area contributed by atoms with Crippen LogP contribution >= 0.6 is 11.3 Å². The lowest BCUT2D eigenvalue weighted by molar-refractivity contribution is -0.157. The van der Waals surface area contributed by atoms with Gasteiger partial charge in [0.15, 0.2) is 5.96 Å². The standard InChI is InChI=1S/C15H24F3N5OS/c1-4-11-8-21-12(25-11)6-7-20-14(19-5-2)22-9-13(24)23(3)10-15(16,17)18/h8H,4-7,9-10H2,1-3H3,(H2,19,20,22). The lowest BCUT2D eigenvalue weighted by atomic mass is 10.4. The highest BCUT2D eigenvalue weighted by atomic mass is 32.1. The molecule has 0 aliphatic heterocycles. The zero-order valence-electron chi connectivity index (χ0n) is 14.6. The zero-order valence-corrected chi connectivity index (χ0v) is 15.4. The fourth-order valence-corrected chi connectivity index (χ4v) is 2.74. The summed E-state index contributed by atoms with van der Waals surface area (Å²) in [6.07, 6.45) is -0.907. The highest BCUT2D eigenvalue weighted by Gasteiger charge is 2.30. The van der Waals surface area contributed by atoms with Crippen molar-refractivity contribution in [2.24, 2.45) is 4.99 Å². The lowest BCUT2D eigenvalue weighted by Crippen LogP contribution is -2.40. The van der Waals surface area contributed by atoms with Gasteiger partial charge in [-0.2, -0.15) is 13.2 Å². The van der Waals surface area contributed by atoms with Gasteiger partial charge < -0.3 is 15.5 Å². The maximum absolute atomic E-state index is 12.3. The summed E-state index contributed by atoms with van der Waals surface area (Å²) in [6, 6.07) is 0. The summed E-state index contributed by atoms with van der Waals surface area (Å²) >= 11 is 1.65. The Labute approximate surface area is 149 Å². The second-order valence-corrected chi connectivity index (χ2v) is 6.51. The molecule has 0 aliphatic rings. The van der Waals surface area contributed by atoms with E-state index in [1.165, 1.54) is 4.88 Å². The maximum Gasteiger partial charge on any atom is 0.406 e. The van der Waals surface area contributed by atoms with Crippen molar-refractivity contribution in [3.05, 3.63) is 16.1 Å². The topological polar surface area (TPSA) is 69.6 Å². The second kappa shape index (κ2) is 10.2. The third-order valence-corrected chi connectivity index (χ3v) is 4.34. The van der Waals surface area contributed by atoms with E-state index in [2.05, 4.69) is 27.5 Å². The van der Waals surface area contributed by atoms with Crippen molar-refractivity contribution < 1.29 is 18.0 Å². The molecule has 142 valence electrons. The number of aryl methyl sites for hydroxylation is 1. The van der Waals surface area contributed by atoms with E-state index in [1.54, 1.807) is 11.3 Å². The molecule has 0 bridgehead atoms. The third-order valence-electron chi connectivity index (χ3n) is 3.14. The van der Waals surface area contributed by atoms with Crippen LogP contribution in [-0.2, 0) is 17.6 Å². The molecule has 1 aromatic heterocycles. The first-order chi connectivity index (χ1) is 11.7. The van der Waals surface area contributed by atoms with Crippen molar-refractivity contribution >= 4 is 23.2 Å². The Morgan fingerprint density at radius 1 is 1.36 bits per heavy atom. The Kier molecular flexibility index (Phi) is 8.67. The zero-order chi connectivity index (χ0) is 18.9. The predicted molar refractivity (Wildman–Crippen MR) is 92.9 cm³/mol. The molecule has 0 fully saturated rings. The minimum absolute atomic E-state index is 0.348. The van der Waals surface area contributed by atoms with Crippen LogP contribution in [0, 0.1) is 0 Å². The largest absolute Gasteiger partial charge is 0.406 e. The molecule has 0 saturated heterocycles. The minimum Gasteiger partial charge on any atom is -0.357 e. The number of carbonyl (C=O) groups excluding carboxylic acids is 1. The minimum atomic E-state index is -4.41. The van der Waals surface area contributed by atoms with Gasteiger partial charge in [0, 0.05) is 37.6 Å². The molecule has 0 spiro atoms. The van der Waals surface area contributed by atoms with Crippen LogP contribution in [-0.4, -0.2) is 61.2 Å². The number of halogens is 3. The van der Waals surface area contributed by atoms with Gasteiger partial charge in [-0.3, -0.25) is 4.79 Å². The molecule has 10 heteroatoms. The molecule has 6 nitrogen and oxygen atoms in total. The summed E-state index contributed by atoms with van der Waals surface area (Å²) in [5.41, 5.74) is 0. The first-order valence-electron chi connectivity index (χ1n) is 8.01. The molecule has 0 atom stereocenters. The summed E-state index contributed by atoms with van der Waals surface area (Å²) in [6.45, 7) is 3.44. The van der Waals surface area contributed by atoms with Gasteiger partial charge in [0.1, 0.15) is 13.1 Å². The number of amides is 1. The number of hydrogen-bond acceptors (Lipinski definition) is 4. The molecular weight excluding hydrogens is 355 g/mol. The van der Waals surface area contributed by atoms with Crippen molar-refractivity contribution in [1.29, 1.82) is 0 Å². The van der Waals surface area contributed by atoms with Crippen LogP contribution in [0.3, 0.4) is 0 Å². The number of nitrogens with one attached hydrogen (secondary N) is 2. The number of nitrogens with zero attached hydrogens (tertiary/aromatic N) is 3. The second-order valence-electron chi connectivity index (χ2n) is 5.31. The van der Waals surface area contributed by atoms with Crippen LogP contribution in [0.1, 0.15) is 23.7 Å². The van der Waals surface area contributed by atoms with Gasteiger partial charge in [0.05, 0.1) is 5.01 Å². The first-order valence-corrected chi connectivity index (χ1v) is 8.83. The molecule has 0 aromatic carbocycles. The number of aliphatic imine (C=N–C) groups is 1. The fraction of sp³-hybridized carbons (Fsp3) is 0.667. The fourth-order valence-electron chi connectivity index (χ4n) is 1.88. The number of alkyl halides is 3. The van der Waals surface area contributed by atoms with E-state index in [0.717, 1.165) is 18.5 Å². The highest BCUT2D eigenvalue weighted by molar-refractivity contribution is 7.11. The summed E-state index contributed by atoms with van der Waals surface area (Å²) in [5.74, 6) is -0.300. The molecule has 1 aromatic rings. The number of aromatic nitrogens is 1. The lowest BCUT2D eigenvalue weighted by Gasteiger charge is -2.18. The van der Waals surface area contributed by atoms with Crippen LogP contribution in [0.5, 0.6) is 0 Å². The molecule has 0 aliphatic carbocycles.